The van der Waals surface area contributed by atoms with E-state index in [9.17, 15) is 8.42 Å². The minimum absolute atomic E-state index is 0.108. The highest BCUT2D eigenvalue weighted by Gasteiger charge is 2.28. The molecule has 0 radical (unpaired) electrons. The van der Waals surface area contributed by atoms with Crippen LogP contribution in [0.5, 0.6) is 11.5 Å². The van der Waals surface area contributed by atoms with Crippen LogP contribution in [-0.2, 0) is 16.4 Å². The van der Waals surface area contributed by atoms with Crippen LogP contribution in [-0.4, -0.2) is 50.2 Å². The van der Waals surface area contributed by atoms with E-state index in [0.717, 1.165) is 5.56 Å². The maximum absolute atomic E-state index is 11.6. The summed E-state index contributed by atoms with van der Waals surface area (Å²) in [4.78, 5) is 8.75. The normalized spacial score (nSPS) is 18.1. The van der Waals surface area contributed by atoms with Crippen LogP contribution < -0.4 is 20.1 Å². The maximum atomic E-state index is 11.6. The number of nitrogens with zero attached hydrogens (tertiary/aromatic N) is 2. The van der Waals surface area contributed by atoms with Crippen molar-refractivity contribution in [2.75, 3.05) is 36.4 Å². The number of ether oxygens (including phenoxy) is 2. The van der Waals surface area contributed by atoms with Crippen molar-refractivity contribution in [1.29, 1.82) is 0 Å². The van der Waals surface area contributed by atoms with Crippen molar-refractivity contribution in [1.82, 2.24) is 9.97 Å². The van der Waals surface area contributed by atoms with Gasteiger partial charge < -0.3 is 20.1 Å². The van der Waals surface area contributed by atoms with Crippen LogP contribution in [0.4, 0.5) is 11.6 Å². The molecule has 0 spiro atoms. The van der Waals surface area contributed by atoms with Gasteiger partial charge in [-0.3, -0.25) is 0 Å². The van der Waals surface area contributed by atoms with Gasteiger partial charge in [0.2, 0.25) is 0 Å². The number of aromatic nitrogens is 2. The van der Waals surface area contributed by atoms with Gasteiger partial charge in [0.1, 0.15) is 17.5 Å². The zero-order valence-electron chi connectivity index (χ0n) is 15.7. The topological polar surface area (TPSA) is 102 Å². The van der Waals surface area contributed by atoms with E-state index in [-0.39, 0.29) is 17.5 Å². The van der Waals surface area contributed by atoms with Crippen molar-refractivity contribution in [3.05, 3.63) is 35.7 Å². The first-order chi connectivity index (χ1) is 12.9. The Morgan fingerprint density at radius 1 is 1.11 bits per heavy atom. The number of methoxy groups -OCH3 is 2. The van der Waals surface area contributed by atoms with E-state index in [2.05, 4.69) is 20.6 Å². The third-order valence-electron chi connectivity index (χ3n) is 4.34. The standard InChI is InChI=1S/C18H24N4O4S/c1-12-20-17(9-18(21-12)22-14-6-7-27(23,24)11-14)19-10-13-4-5-15(25-2)16(8-13)26-3/h4-5,8-9,14H,6-7,10-11H2,1-3H3,(H2,19,20,21,22). The zero-order valence-corrected chi connectivity index (χ0v) is 16.5. The van der Waals surface area contributed by atoms with Gasteiger partial charge in [-0.15, -0.1) is 0 Å². The summed E-state index contributed by atoms with van der Waals surface area (Å²) in [5, 5.41) is 6.47. The van der Waals surface area contributed by atoms with Gasteiger partial charge in [-0.2, -0.15) is 0 Å². The minimum atomic E-state index is -2.94. The van der Waals surface area contributed by atoms with Gasteiger partial charge in [0, 0.05) is 18.7 Å². The van der Waals surface area contributed by atoms with Gasteiger partial charge in [-0.25, -0.2) is 18.4 Å². The molecule has 146 valence electrons. The van der Waals surface area contributed by atoms with Gasteiger partial charge in [-0.1, -0.05) is 6.07 Å². The monoisotopic (exact) mass is 392 g/mol. The van der Waals surface area contributed by atoms with Crippen LogP contribution in [0.25, 0.3) is 0 Å². The molecule has 1 aromatic carbocycles. The molecule has 0 aliphatic carbocycles. The van der Waals surface area contributed by atoms with E-state index in [1.807, 2.05) is 18.2 Å². The van der Waals surface area contributed by atoms with Crippen molar-refractivity contribution in [3.8, 4) is 11.5 Å². The lowest BCUT2D eigenvalue weighted by Crippen LogP contribution is -2.21. The second kappa shape index (κ2) is 7.99. The molecule has 2 N–H and O–H groups in total. The van der Waals surface area contributed by atoms with Crippen molar-refractivity contribution in [2.24, 2.45) is 0 Å². The molecular formula is C18H24N4O4S. The lowest BCUT2D eigenvalue weighted by atomic mass is 10.2. The fraction of sp³-hybridized carbons (Fsp3) is 0.444. The molecule has 1 aliphatic heterocycles. The summed E-state index contributed by atoms with van der Waals surface area (Å²) < 4.78 is 33.8. The molecule has 1 fully saturated rings. The third-order valence-corrected chi connectivity index (χ3v) is 6.11. The summed E-state index contributed by atoms with van der Waals surface area (Å²) in [7, 11) is 0.264. The Hall–Kier alpha value is -2.55. The molecule has 27 heavy (non-hydrogen) atoms. The Labute approximate surface area is 159 Å². The molecule has 8 nitrogen and oxygen atoms in total. The van der Waals surface area contributed by atoms with Crippen molar-refractivity contribution in [3.63, 3.8) is 0 Å². The first-order valence-corrected chi connectivity index (χ1v) is 10.5. The molecular weight excluding hydrogens is 368 g/mol. The van der Waals surface area contributed by atoms with Crippen LogP contribution in [0.2, 0.25) is 0 Å². The van der Waals surface area contributed by atoms with Gasteiger partial charge in [0.15, 0.2) is 21.3 Å². The fourth-order valence-electron chi connectivity index (χ4n) is 3.03. The summed E-state index contributed by atoms with van der Waals surface area (Å²) >= 11 is 0. The number of rotatable bonds is 7. The summed E-state index contributed by atoms with van der Waals surface area (Å²) in [5.74, 6) is 3.61. The maximum Gasteiger partial charge on any atom is 0.161 e. The number of aryl methyl sites for hydroxylation is 1. The van der Waals surface area contributed by atoms with Crippen LogP contribution in [0.1, 0.15) is 17.8 Å². The molecule has 1 saturated heterocycles. The summed E-state index contributed by atoms with van der Waals surface area (Å²) in [6.45, 7) is 2.35. The molecule has 1 unspecified atom stereocenters. The smallest absolute Gasteiger partial charge is 0.161 e. The quantitative estimate of drug-likeness (QED) is 0.738. The lowest BCUT2D eigenvalue weighted by molar-refractivity contribution is 0.354. The van der Waals surface area contributed by atoms with E-state index in [0.29, 0.717) is 41.9 Å². The summed E-state index contributed by atoms with van der Waals surface area (Å²) in [6, 6.07) is 7.39. The van der Waals surface area contributed by atoms with Crippen LogP contribution in [0.15, 0.2) is 24.3 Å². The van der Waals surface area contributed by atoms with Crippen molar-refractivity contribution >= 4 is 21.5 Å². The molecule has 1 aliphatic rings. The number of benzene rings is 1. The second-order valence-corrected chi connectivity index (χ2v) is 8.70. The van der Waals surface area contributed by atoms with E-state index < -0.39 is 9.84 Å². The Morgan fingerprint density at radius 2 is 1.85 bits per heavy atom. The Bertz CT molecular complexity index is 918. The average Bonchev–Trinajstić information content (AvgIpc) is 2.97. The molecule has 0 bridgehead atoms. The molecule has 2 heterocycles. The van der Waals surface area contributed by atoms with Crippen LogP contribution in [0, 0.1) is 6.92 Å². The van der Waals surface area contributed by atoms with Gasteiger partial charge in [-0.05, 0) is 31.0 Å². The Morgan fingerprint density at radius 3 is 2.52 bits per heavy atom. The fourth-order valence-corrected chi connectivity index (χ4v) is 4.71. The number of nitrogens with one attached hydrogen (secondary N) is 2. The third kappa shape index (κ3) is 5.00. The van der Waals surface area contributed by atoms with E-state index >= 15 is 0 Å². The highest BCUT2D eigenvalue weighted by Crippen LogP contribution is 2.28. The average molecular weight is 392 g/mol. The van der Waals surface area contributed by atoms with Crippen LogP contribution >= 0.6 is 0 Å². The highest BCUT2D eigenvalue weighted by molar-refractivity contribution is 7.91. The van der Waals surface area contributed by atoms with Crippen LogP contribution in [0.3, 0.4) is 0 Å². The molecule has 2 aromatic rings. The summed E-state index contributed by atoms with van der Waals surface area (Å²) in [5.41, 5.74) is 1.01. The largest absolute Gasteiger partial charge is 0.493 e. The highest BCUT2D eigenvalue weighted by atomic mass is 32.2. The van der Waals surface area contributed by atoms with Crippen molar-refractivity contribution in [2.45, 2.75) is 25.9 Å². The number of hydrogen-bond donors (Lipinski definition) is 2. The number of hydrogen-bond acceptors (Lipinski definition) is 8. The zero-order chi connectivity index (χ0) is 19.4. The number of anilines is 2. The number of sulfone groups is 1. The first-order valence-electron chi connectivity index (χ1n) is 8.66. The second-order valence-electron chi connectivity index (χ2n) is 6.47. The predicted octanol–water partition coefficient (Wildman–Crippen LogP) is 2.01. The van der Waals surface area contributed by atoms with Gasteiger partial charge >= 0.3 is 0 Å². The van der Waals surface area contributed by atoms with E-state index in [1.165, 1.54) is 0 Å². The SMILES string of the molecule is COc1ccc(CNc2cc(NC3CCS(=O)(=O)C3)nc(C)n2)cc1OC. The lowest BCUT2D eigenvalue weighted by Gasteiger charge is -2.14. The minimum Gasteiger partial charge on any atom is -0.493 e. The van der Waals surface area contributed by atoms with Crippen molar-refractivity contribution < 1.29 is 17.9 Å². The molecule has 0 amide bonds. The molecule has 0 saturated carbocycles. The molecule has 3 rings (SSSR count). The predicted molar refractivity (Wildman–Crippen MR) is 104 cm³/mol. The summed E-state index contributed by atoms with van der Waals surface area (Å²) in [6.07, 6.45) is 0.597. The Kier molecular flexibility index (Phi) is 5.69. The molecule has 1 atom stereocenters. The van der Waals surface area contributed by atoms with E-state index in [1.54, 1.807) is 27.2 Å². The Balaban J connectivity index is 1.68. The van der Waals surface area contributed by atoms with E-state index in [4.69, 9.17) is 9.47 Å². The molecule has 9 heteroatoms. The van der Waals surface area contributed by atoms with Gasteiger partial charge in [0.05, 0.1) is 25.7 Å². The molecule has 1 aromatic heterocycles. The van der Waals surface area contributed by atoms with Gasteiger partial charge in [0.25, 0.3) is 0 Å². The first kappa shape index (κ1) is 19.2.